The minimum atomic E-state index is -0.109. The van der Waals surface area contributed by atoms with E-state index in [9.17, 15) is 4.79 Å². The first-order valence-corrected chi connectivity index (χ1v) is 7.14. The topological polar surface area (TPSA) is 58.9 Å². The summed E-state index contributed by atoms with van der Waals surface area (Å²) in [5.41, 5.74) is 4.18. The van der Waals surface area contributed by atoms with E-state index in [1.165, 1.54) is 0 Å². The minimum Gasteiger partial charge on any atom is -0.322 e. The molecule has 0 saturated carbocycles. The van der Waals surface area contributed by atoms with Gasteiger partial charge in [0.1, 0.15) is 0 Å². The molecule has 0 aliphatic carbocycles. The number of hydrogen-bond donors (Lipinski definition) is 2. The quantitative estimate of drug-likeness (QED) is 0.887. The molecule has 0 radical (unpaired) electrons. The minimum absolute atomic E-state index is 0.109. The number of carbonyl (C=O) groups is 1. The van der Waals surface area contributed by atoms with E-state index >= 15 is 0 Å². The van der Waals surface area contributed by atoms with Gasteiger partial charge in [0.05, 0.1) is 11.3 Å². The summed E-state index contributed by atoms with van der Waals surface area (Å²) in [7, 11) is 1.85. The van der Waals surface area contributed by atoms with E-state index in [1.54, 1.807) is 4.68 Å². The van der Waals surface area contributed by atoms with Crippen LogP contribution in [0.3, 0.4) is 0 Å². The summed E-state index contributed by atoms with van der Waals surface area (Å²) in [6, 6.07) is 7.84. The van der Waals surface area contributed by atoms with E-state index in [0.717, 1.165) is 35.7 Å². The van der Waals surface area contributed by atoms with Gasteiger partial charge < -0.3 is 10.6 Å². The fourth-order valence-electron chi connectivity index (χ4n) is 2.34. The van der Waals surface area contributed by atoms with E-state index in [0.29, 0.717) is 5.56 Å². The molecular formula is C16H22N4O. The Hall–Kier alpha value is -2.14. The maximum Gasteiger partial charge on any atom is 0.259 e. The summed E-state index contributed by atoms with van der Waals surface area (Å²) in [5, 5.41) is 10.6. The lowest BCUT2D eigenvalue weighted by Gasteiger charge is -2.11. The average molecular weight is 286 g/mol. The molecule has 1 aromatic heterocycles. The van der Waals surface area contributed by atoms with Crippen LogP contribution in [0, 0.1) is 13.8 Å². The van der Waals surface area contributed by atoms with Gasteiger partial charge in [-0.05, 0) is 32.0 Å². The Morgan fingerprint density at radius 3 is 2.62 bits per heavy atom. The molecule has 1 amide bonds. The average Bonchev–Trinajstić information content (AvgIpc) is 2.71. The zero-order valence-corrected chi connectivity index (χ0v) is 13.0. The molecule has 0 atom stereocenters. The Morgan fingerprint density at radius 1 is 1.29 bits per heavy atom. The standard InChI is InChI=1S/C16H22N4O/c1-5-17-10-13-8-6-7-9-14(13)18-16(21)15-11(2)19-20(4)12(15)3/h6-9,17H,5,10H2,1-4H3,(H,18,21). The lowest BCUT2D eigenvalue weighted by atomic mass is 10.1. The summed E-state index contributed by atoms with van der Waals surface area (Å²) in [5.74, 6) is -0.109. The normalized spacial score (nSPS) is 10.7. The first-order valence-electron chi connectivity index (χ1n) is 7.14. The van der Waals surface area contributed by atoms with Crippen molar-refractivity contribution in [3.63, 3.8) is 0 Å². The summed E-state index contributed by atoms with van der Waals surface area (Å²) in [6.07, 6.45) is 0. The largest absolute Gasteiger partial charge is 0.322 e. The van der Waals surface area contributed by atoms with Gasteiger partial charge in [-0.3, -0.25) is 9.48 Å². The van der Waals surface area contributed by atoms with Crippen LogP contribution in [-0.4, -0.2) is 22.2 Å². The maximum absolute atomic E-state index is 12.5. The molecule has 2 rings (SSSR count). The number of aromatic nitrogens is 2. The summed E-state index contributed by atoms with van der Waals surface area (Å²) in [4.78, 5) is 12.5. The molecule has 0 bridgehead atoms. The Bertz CT molecular complexity index is 646. The molecule has 0 aliphatic rings. The predicted molar refractivity (Wildman–Crippen MR) is 84.5 cm³/mol. The van der Waals surface area contributed by atoms with Crippen molar-refractivity contribution in [3.8, 4) is 0 Å². The smallest absolute Gasteiger partial charge is 0.259 e. The highest BCUT2D eigenvalue weighted by molar-refractivity contribution is 6.06. The molecule has 21 heavy (non-hydrogen) atoms. The van der Waals surface area contributed by atoms with Crippen molar-refractivity contribution in [1.82, 2.24) is 15.1 Å². The Morgan fingerprint density at radius 2 is 2.00 bits per heavy atom. The molecule has 1 aromatic carbocycles. The van der Waals surface area contributed by atoms with Gasteiger partial charge >= 0.3 is 0 Å². The number of hydrogen-bond acceptors (Lipinski definition) is 3. The molecule has 0 spiro atoms. The second-order valence-electron chi connectivity index (χ2n) is 5.06. The summed E-state index contributed by atoms with van der Waals surface area (Å²) < 4.78 is 1.73. The number of benzene rings is 1. The number of nitrogens with one attached hydrogen (secondary N) is 2. The van der Waals surface area contributed by atoms with Gasteiger partial charge in [0, 0.05) is 25.0 Å². The van der Waals surface area contributed by atoms with Crippen molar-refractivity contribution in [1.29, 1.82) is 0 Å². The van der Waals surface area contributed by atoms with Crippen LogP contribution in [0.15, 0.2) is 24.3 Å². The van der Waals surface area contributed by atoms with Crippen LogP contribution in [-0.2, 0) is 13.6 Å². The second kappa shape index (κ2) is 6.54. The van der Waals surface area contributed by atoms with Crippen molar-refractivity contribution in [2.75, 3.05) is 11.9 Å². The van der Waals surface area contributed by atoms with Crippen LogP contribution in [0.1, 0.15) is 34.2 Å². The van der Waals surface area contributed by atoms with Crippen LogP contribution in [0.5, 0.6) is 0 Å². The highest BCUT2D eigenvalue weighted by Gasteiger charge is 2.18. The summed E-state index contributed by atoms with van der Waals surface area (Å²) in [6.45, 7) is 7.44. The molecule has 2 N–H and O–H groups in total. The highest BCUT2D eigenvalue weighted by Crippen LogP contribution is 2.18. The molecule has 0 unspecified atom stereocenters. The molecule has 0 fully saturated rings. The fraction of sp³-hybridized carbons (Fsp3) is 0.375. The van der Waals surface area contributed by atoms with Gasteiger partial charge in [0.15, 0.2) is 0 Å². The molecule has 1 heterocycles. The zero-order valence-electron chi connectivity index (χ0n) is 13.0. The Balaban J connectivity index is 2.23. The van der Waals surface area contributed by atoms with Crippen molar-refractivity contribution < 1.29 is 4.79 Å². The van der Waals surface area contributed by atoms with Crippen LogP contribution >= 0.6 is 0 Å². The number of para-hydroxylation sites is 1. The number of carbonyl (C=O) groups excluding carboxylic acids is 1. The first-order chi connectivity index (χ1) is 10.0. The fourth-order valence-corrected chi connectivity index (χ4v) is 2.34. The molecule has 112 valence electrons. The molecule has 0 aliphatic heterocycles. The molecule has 5 heteroatoms. The van der Waals surface area contributed by atoms with Crippen molar-refractivity contribution >= 4 is 11.6 Å². The van der Waals surface area contributed by atoms with E-state index in [-0.39, 0.29) is 5.91 Å². The van der Waals surface area contributed by atoms with E-state index in [4.69, 9.17) is 0 Å². The third-order valence-corrected chi connectivity index (χ3v) is 3.57. The van der Waals surface area contributed by atoms with Gasteiger partial charge in [0.2, 0.25) is 0 Å². The third-order valence-electron chi connectivity index (χ3n) is 3.57. The third kappa shape index (κ3) is 3.31. The maximum atomic E-state index is 12.5. The predicted octanol–water partition coefficient (Wildman–Crippen LogP) is 2.40. The van der Waals surface area contributed by atoms with Gasteiger partial charge in [-0.15, -0.1) is 0 Å². The number of rotatable bonds is 5. The zero-order chi connectivity index (χ0) is 15.4. The van der Waals surface area contributed by atoms with Crippen molar-refractivity contribution in [2.24, 2.45) is 7.05 Å². The van der Waals surface area contributed by atoms with Gasteiger partial charge in [0.25, 0.3) is 5.91 Å². The number of aryl methyl sites for hydroxylation is 2. The molecular weight excluding hydrogens is 264 g/mol. The highest BCUT2D eigenvalue weighted by atomic mass is 16.1. The van der Waals surface area contributed by atoms with E-state index in [2.05, 4.69) is 22.7 Å². The number of anilines is 1. The Labute approximate surface area is 125 Å². The molecule has 2 aromatic rings. The second-order valence-corrected chi connectivity index (χ2v) is 5.06. The van der Waals surface area contributed by atoms with Crippen molar-refractivity contribution in [3.05, 3.63) is 46.8 Å². The number of nitrogens with zero attached hydrogens (tertiary/aromatic N) is 2. The lowest BCUT2D eigenvalue weighted by Crippen LogP contribution is -2.18. The molecule has 0 saturated heterocycles. The lowest BCUT2D eigenvalue weighted by molar-refractivity contribution is 0.102. The Kier molecular flexibility index (Phi) is 4.75. The van der Waals surface area contributed by atoms with Gasteiger partial charge in [-0.25, -0.2) is 0 Å². The monoisotopic (exact) mass is 286 g/mol. The molecule has 5 nitrogen and oxygen atoms in total. The SMILES string of the molecule is CCNCc1ccccc1NC(=O)c1c(C)nn(C)c1C. The van der Waals surface area contributed by atoms with Crippen LogP contribution in [0.2, 0.25) is 0 Å². The van der Waals surface area contributed by atoms with Gasteiger partial charge in [-0.1, -0.05) is 25.1 Å². The van der Waals surface area contributed by atoms with Crippen LogP contribution in [0.4, 0.5) is 5.69 Å². The van der Waals surface area contributed by atoms with E-state index < -0.39 is 0 Å². The van der Waals surface area contributed by atoms with Crippen molar-refractivity contribution in [2.45, 2.75) is 27.3 Å². The van der Waals surface area contributed by atoms with E-state index in [1.807, 2.05) is 45.2 Å². The van der Waals surface area contributed by atoms with Crippen LogP contribution < -0.4 is 10.6 Å². The van der Waals surface area contributed by atoms with Gasteiger partial charge in [-0.2, -0.15) is 5.10 Å². The summed E-state index contributed by atoms with van der Waals surface area (Å²) >= 11 is 0. The first kappa shape index (κ1) is 15.3. The number of amides is 1. The van der Waals surface area contributed by atoms with Crippen LogP contribution in [0.25, 0.3) is 0 Å².